The SMILES string of the molecule is c1ccc2c(c1)ccc1c3c(ccc12)CCCC3.c1cnnc2c(c1)ccc1nccc12. The van der Waals surface area contributed by atoms with Crippen molar-refractivity contribution in [3.8, 4) is 0 Å². The second-order valence-corrected chi connectivity index (χ2v) is 8.40. The second kappa shape index (κ2) is 8.01. The number of nitrogens with zero attached hydrogens (tertiary/aromatic N) is 3. The summed E-state index contributed by atoms with van der Waals surface area (Å²) in [6.07, 6.45) is 8.69. The lowest BCUT2D eigenvalue weighted by molar-refractivity contribution is 0.690. The third kappa shape index (κ3) is 3.27. The Balaban J connectivity index is 0.000000126. The van der Waals surface area contributed by atoms with Crippen molar-refractivity contribution >= 4 is 43.4 Å². The molecular weight excluding hydrogens is 390 g/mol. The van der Waals surface area contributed by atoms with Gasteiger partial charge in [0.15, 0.2) is 0 Å². The van der Waals surface area contributed by atoms with Crippen LogP contribution in [0, 0.1) is 0 Å². The van der Waals surface area contributed by atoms with Crippen molar-refractivity contribution in [2.75, 3.05) is 0 Å². The molecule has 0 spiro atoms. The molecule has 0 bridgehead atoms. The first-order chi connectivity index (χ1) is 15.9. The Bertz CT molecular complexity index is 1590. The Kier molecular flexibility index (Phi) is 4.73. The summed E-state index contributed by atoms with van der Waals surface area (Å²) in [5.41, 5.74) is 5.05. The van der Waals surface area contributed by atoms with E-state index in [1.807, 2.05) is 30.3 Å². The van der Waals surface area contributed by atoms with Crippen molar-refractivity contribution in [1.29, 1.82) is 0 Å². The molecule has 1 aliphatic carbocycles. The van der Waals surface area contributed by atoms with Gasteiger partial charge in [0, 0.05) is 23.2 Å². The van der Waals surface area contributed by atoms with Gasteiger partial charge in [0.2, 0.25) is 0 Å². The summed E-state index contributed by atoms with van der Waals surface area (Å²) in [4.78, 5) is 4.22. The second-order valence-electron chi connectivity index (χ2n) is 8.40. The van der Waals surface area contributed by atoms with Crippen molar-refractivity contribution in [2.24, 2.45) is 0 Å². The molecule has 0 radical (unpaired) electrons. The van der Waals surface area contributed by atoms with E-state index in [9.17, 15) is 0 Å². The van der Waals surface area contributed by atoms with E-state index in [-0.39, 0.29) is 0 Å². The zero-order chi connectivity index (χ0) is 21.3. The van der Waals surface area contributed by atoms with E-state index in [0.717, 1.165) is 21.8 Å². The van der Waals surface area contributed by atoms with E-state index in [1.54, 1.807) is 23.5 Å². The Morgan fingerprint density at radius 3 is 2.41 bits per heavy atom. The molecule has 0 unspecified atom stereocenters. The van der Waals surface area contributed by atoms with Crippen LogP contribution in [0.5, 0.6) is 0 Å². The standard InChI is InChI=1S/C18H16.C11H7N3/c1-3-7-15-13(5-1)9-11-18-16-8-4-2-6-14(16)10-12-17(15)18;1-2-8-3-4-10-9(5-7-12-10)11(8)14-13-6-1/h1,3,5,7,9-12H,2,4,6,8H2;1-7H. The molecule has 0 saturated carbocycles. The fourth-order valence-electron chi connectivity index (χ4n) is 4.95. The molecule has 4 aromatic carbocycles. The number of benzene rings is 4. The summed E-state index contributed by atoms with van der Waals surface area (Å²) in [5, 5.41) is 15.9. The summed E-state index contributed by atoms with van der Waals surface area (Å²) in [7, 11) is 0. The lowest BCUT2D eigenvalue weighted by atomic mass is 9.86. The van der Waals surface area contributed by atoms with Gasteiger partial charge in [0.1, 0.15) is 5.52 Å². The summed E-state index contributed by atoms with van der Waals surface area (Å²) >= 11 is 0. The lowest BCUT2D eigenvalue weighted by Gasteiger charge is -2.18. The monoisotopic (exact) mass is 413 g/mol. The molecule has 0 saturated heterocycles. The highest BCUT2D eigenvalue weighted by atomic mass is 15.1. The zero-order valence-corrected chi connectivity index (χ0v) is 17.8. The molecule has 2 heterocycles. The van der Waals surface area contributed by atoms with E-state index in [1.165, 1.54) is 47.2 Å². The van der Waals surface area contributed by atoms with E-state index in [0.29, 0.717) is 0 Å². The first kappa shape index (κ1) is 18.9. The molecule has 2 aromatic heterocycles. The molecule has 0 aliphatic heterocycles. The largest absolute Gasteiger partial charge is 0.256 e. The fraction of sp³-hybridized carbons (Fsp3) is 0.138. The lowest BCUT2D eigenvalue weighted by Crippen LogP contribution is -2.02. The maximum absolute atomic E-state index is 4.22. The molecule has 0 fully saturated rings. The highest BCUT2D eigenvalue weighted by Crippen LogP contribution is 2.33. The van der Waals surface area contributed by atoms with E-state index in [4.69, 9.17) is 0 Å². The minimum atomic E-state index is 0.907. The number of hydrogen-bond acceptors (Lipinski definition) is 3. The van der Waals surface area contributed by atoms with E-state index in [2.05, 4.69) is 63.7 Å². The highest BCUT2D eigenvalue weighted by Gasteiger charge is 2.13. The predicted molar refractivity (Wildman–Crippen MR) is 133 cm³/mol. The van der Waals surface area contributed by atoms with Crippen LogP contribution in [0.1, 0.15) is 24.0 Å². The van der Waals surface area contributed by atoms with Gasteiger partial charge >= 0.3 is 0 Å². The van der Waals surface area contributed by atoms with Gasteiger partial charge in [-0.05, 0) is 76.6 Å². The van der Waals surface area contributed by atoms with Gasteiger partial charge in [-0.1, -0.05) is 60.7 Å². The molecule has 6 aromatic rings. The third-order valence-corrected chi connectivity index (χ3v) is 6.52. The summed E-state index contributed by atoms with van der Waals surface area (Å²) < 4.78 is 0. The van der Waals surface area contributed by atoms with Crippen LogP contribution in [0.3, 0.4) is 0 Å². The summed E-state index contributed by atoms with van der Waals surface area (Å²) in [6, 6.07) is 27.8. The average Bonchev–Trinajstić information content (AvgIpc) is 3.21. The fourth-order valence-corrected chi connectivity index (χ4v) is 4.95. The molecule has 154 valence electrons. The van der Waals surface area contributed by atoms with Gasteiger partial charge in [-0.2, -0.15) is 5.10 Å². The topological polar surface area (TPSA) is 38.7 Å². The molecule has 3 heteroatoms. The maximum Gasteiger partial charge on any atom is 0.102 e. The van der Waals surface area contributed by atoms with Crippen LogP contribution in [0.25, 0.3) is 43.4 Å². The zero-order valence-electron chi connectivity index (χ0n) is 17.8. The normalized spacial score (nSPS) is 13.1. The smallest absolute Gasteiger partial charge is 0.102 e. The Hall–Kier alpha value is -3.85. The number of rotatable bonds is 0. The van der Waals surface area contributed by atoms with Crippen molar-refractivity contribution in [1.82, 2.24) is 15.2 Å². The van der Waals surface area contributed by atoms with Crippen LogP contribution in [-0.2, 0) is 12.8 Å². The van der Waals surface area contributed by atoms with Crippen LogP contribution < -0.4 is 0 Å². The van der Waals surface area contributed by atoms with Crippen LogP contribution >= 0.6 is 0 Å². The summed E-state index contributed by atoms with van der Waals surface area (Å²) in [6.45, 7) is 0. The number of fused-ring (bicyclic) bond motifs is 8. The molecule has 32 heavy (non-hydrogen) atoms. The van der Waals surface area contributed by atoms with E-state index < -0.39 is 0 Å². The Morgan fingerprint density at radius 1 is 0.562 bits per heavy atom. The molecule has 1 aliphatic rings. The minimum absolute atomic E-state index is 0.907. The summed E-state index contributed by atoms with van der Waals surface area (Å²) in [5.74, 6) is 0. The molecule has 3 nitrogen and oxygen atoms in total. The molecule has 7 rings (SSSR count). The van der Waals surface area contributed by atoms with Crippen LogP contribution in [0.4, 0.5) is 0 Å². The van der Waals surface area contributed by atoms with Crippen molar-refractivity contribution in [2.45, 2.75) is 25.7 Å². The number of hydrogen-bond donors (Lipinski definition) is 0. The van der Waals surface area contributed by atoms with Gasteiger partial charge in [-0.3, -0.25) is 4.98 Å². The van der Waals surface area contributed by atoms with Crippen LogP contribution in [0.15, 0.2) is 91.3 Å². The quantitative estimate of drug-likeness (QED) is 0.250. The number of aromatic nitrogens is 3. The minimum Gasteiger partial charge on any atom is -0.256 e. The maximum atomic E-state index is 4.22. The van der Waals surface area contributed by atoms with E-state index >= 15 is 0 Å². The molecular formula is C29H23N3. The Morgan fingerprint density at radius 2 is 1.41 bits per heavy atom. The van der Waals surface area contributed by atoms with Crippen molar-refractivity contribution in [3.05, 3.63) is 102 Å². The highest BCUT2D eigenvalue weighted by molar-refractivity contribution is 6.08. The molecule has 0 amide bonds. The van der Waals surface area contributed by atoms with Crippen LogP contribution in [0.2, 0.25) is 0 Å². The molecule has 0 atom stereocenters. The van der Waals surface area contributed by atoms with Gasteiger partial charge in [0.25, 0.3) is 0 Å². The third-order valence-electron chi connectivity index (χ3n) is 6.52. The molecule has 0 N–H and O–H groups in total. The van der Waals surface area contributed by atoms with Gasteiger partial charge in [-0.25, -0.2) is 0 Å². The predicted octanol–water partition coefficient (Wildman–Crippen LogP) is 7.05. The number of aryl methyl sites for hydroxylation is 2. The van der Waals surface area contributed by atoms with Crippen molar-refractivity contribution in [3.63, 3.8) is 0 Å². The van der Waals surface area contributed by atoms with Gasteiger partial charge in [-0.15, -0.1) is 5.10 Å². The first-order valence-electron chi connectivity index (χ1n) is 11.3. The first-order valence-corrected chi connectivity index (χ1v) is 11.3. The van der Waals surface area contributed by atoms with Gasteiger partial charge < -0.3 is 0 Å². The van der Waals surface area contributed by atoms with Crippen LogP contribution in [-0.4, -0.2) is 15.2 Å². The Labute approximate surface area is 186 Å². The average molecular weight is 414 g/mol. The van der Waals surface area contributed by atoms with Gasteiger partial charge in [0.05, 0.1) is 5.52 Å². The van der Waals surface area contributed by atoms with Crippen molar-refractivity contribution < 1.29 is 0 Å².